The van der Waals surface area contributed by atoms with Gasteiger partial charge in [-0.3, -0.25) is 24.6 Å². The van der Waals surface area contributed by atoms with Crippen molar-refractivity contribution < 1.29 is 27.5 Å². The first-order valence-corrected chi connectivity index (χ1v) is 17.1. The Morgan fingerprint density at radius 3 is 2.24 bits per heavy atom. The van der Waals surface area contributed by atoms with E-state index in [2.05, 4.69) is 37.3 Å². The Morgan fingerprint density at radius 1 is 0.898 bits per heavy atom. The van der Waals surface area contributed by atoms with Crippen LogP contribution in [-0.4, -0.2) is 70.8 Å². The molecule has 3 fully saturated rings. The topological polar surface area (TPSA) is 95.9 Å². The largest absolute Gasteiger partial charge is 0.573 e. The Labute approximate surface area is 284 Å². The molecule has 6 rings (SSSR count). The number of piperidine rings is 3. The van der Waals surface area contributed by atoms with Crippen LogP contribution in [0.5, 0.6) is 5.75 Å². The summed E-state index contributed by atoms with van der Waals surface area (Å²) in [5.74, 6) is -0.252. The second-order valence-corrected chi connectivity index (χ2v) is 13.7. The zero-order chi connectivity index (χ0) is 34.9. The summed E-state index contributed by atoms with van der Waals surface area (Å²) in [5, 5.41) is 5.62. The molecule has 2 N–H and O–H groups in total. The van der Waals surface area contributed by atoms with Gasteiger partial charge >= 0.3 is 6.36 Å². The number of ether oxygens (including phenoxy) is 1. The summed E-state index contributed by atoms with van der Waals surface area (Å²) in [6.45, 7) is 7.47. The van der Waals surface area contributed by atoms with Crippen LogP contribution in [-0.2, 0) is 23.2 Å². The number of nitrogens with zero attached hydrogens (tertiary/aromatic N) is 3. The summed E-state index contributed by atoms with van der Waals surface area (Å²) in [4.78, 5) is 40.6. The molecule has 0 spiro atoms. The SMILES string of the molecule is Cc1c(-c2ccc(CN3CCC(N4CCC(c5ccc(NC6CCC(=O)NC6=O)cc5)CC4)CC3)c(OC(F)(F)F)c2)cn(C)c(=O)c1C. The molecule has 9 nitrogen and oxygen atoms in total. The lowest BCUT2D eigenvalue weighted by Gasteiger charge is -2.42. The van der Waals surface area contributed by atoms with Crippen molar-refractivity contribution in [3.63, 3.8) is 0 Å². The van der Waals surface area contributed by atoms with Gasteiger partial charge in [-0.1, -0.05) is 24.3 Å². The van der Waals surface area contributed by atoms with Crippen LogP contribution >= 0.6 is 0 Å². The van der Waals surface area contributed by atoms with Crippen molar-refractivity contribution in [2.45, 2.75) is 83.3 Å². The third-order valence-corrected chi connectivity index (χ3v) is 10.5. The molecule has 0 saturated carbocycles. The van der Waals surface area contributed by atoms with Gasteiger partial charge in [0, 0.05) is 54.6 Å². The lowest BCUT2D eigenvalue weighted by Crippen LogP contribution is -2.47. The normalized spacial score (nSPS) is 20.3. The number of nitrogens with one attached hydrogen (secondary N) is 2. The van der Waals surface area contributed by atoms with Crippen LogP contribution in [0, 0.1) is 13.8 Å². The highest BCUT2D eigenvalue weighted by atomic mass is 19.4. The molecule has 3 aliphatic rings. The Kier molecular flexibility index (Phi) is 10.2. The molecule has 4 heterocycles. The minimum atomic E-state index is -4.82. The predicted molar refractivity (Wildman–Crippen MR) is 181 cm³/mol. The van der Waals surface area contributed by atoms with E-state index in [-0.39, 0.29) is 23.1 Å². The zero-order valence-corrected chi connectivity index (χ0v) is 28.2. The number of aromatic nitrogens is 1. The molecule has 1 aromatic heterocycles. The Morgan fingerprint density at radius 2 is 1.59 bits per heavy atom. The monoisotopic (exact) mass is 679 g/mol. The fraction of sp³-hybridized carbons (Fsp3) is 0.486. The van der Waals surface area contributed by atoms with Gasteiger partial charge in [0.1, 0.15) is 11.8 Å². The molecule has 3 saturated heterocycles. The van der Waals surface area contributed by atoms with Gasteiger partial charge in [0.25, 0.3) is 5.56 Å². The fourth-order valence-corrected chi connectivity index (χ4v) is 7.50. The highest BCUT2D eigenvalue weighted by Crippen LogP contribution is 2.35. The number of amides is 2. The summed E-state index contributed by atoms with van der Waals surface area (Å²) in [6, 6.07) is 13.3. The van der Waals surface area contributed by atoms with E-state index in [0.29, 0.717) is 53.6 Å². The van der Waals surface area contributed by atoms with Gasteiger partial charge in [-0.15, -0.1) is 13.2 Å². The van der Waals surface area contributed by atoms with E-state index in [1.807, 2.05) is 18.2 Å². The lowest BCUT2D eigenvalue weighted by molar-refractivity contribution is -0.275. The highest BCUT2D eigenvalue weighted by molar-refractivity contribution is 6.01. The molecule has 3 aromatic rings. The molecule has 12 heteroatoms. The first-order chi connectivity index (χ1) is 23.3. The number of pyridine rings is 1. The van der Waals surface area contributed by atoms with Gasteiger partial charge in [-0.2, -0.15) is 0 Å². The van der Waals surface area contributed by atoms with Crippen LogP contribution in [0.3, 0.4) is 0 Å². The Balaban J connectivity index is 1.02. The number of aryl methyl sites for hydroxylation is 1. The van der Waals surface area contributed by atoms with E-state index >= 15 is 0 Å². The van der Waals surface area contributed by atoms with Gasteiger partial charge < -0.3 is 19.5 Å². The van der Waals surface area contributed by atoms with Crippen LogP contribution in [0.25, 0.3) is 11.1 Å². The number of rotatable bonds is 8. The van der Waals surface area contributed by atoms with E-state index in [1.54, 1.807) is 33.2 Å². The summed E-state index contributed by atoms with van der Waals surface area (Å²) >= 11 is 0. The first-order valence-electron chi connectivity index (χ1n) is 17.1. The van der Waals surface area contributed by atoms with Crippen LogP contribution in [0.15, 0.2) is 53.5 Å². The molecule has 3 aliphatic heterocycles. The van der Waals surface area contributed by atoms with Crippen molar-refractivity contribution in [2.75, 3.05) is 31.5 Å². The van der Waals surface area contributed by atoms with Crippen LogP contribution < -0.4 is 20.9 Å². The molecule has 2 aromatic carbocycles. The number of benzene rings is 2. The van der Waals surface area contributed by atoms with Crippen molar-refractivity contribution in [3.05, 3.63) is 81.3 Å². The minimum Gasteiger partial charge on any atom is -0.405 e. The molecule has 49 heavy (non-hydrogen) atoms. The molecule has 0 bridgehead atoms. The highest BCUT2D eigenvalue weighted by Gasteiger charge is 2.34. The van der Waals surface area contributed by atoms with Crippen molar-refractivity contribution >= 4 is 17.5 Å². The number of likely N-dealkylation sites (tertiary alicyclic amines) is 2. The molecule has 1 atom stereocenters. The number of alkyl halides is 3. The van der Waals surface area contributed by atoms with Gasteiger partial charge in [-0.25, -0.2) is 0 Å². The Hall–Kier alpha value is -4.16. The second kappa shape index (κ2) is 14.4. The number of hydrogen-bond acceptors (Lipinski definition) is 7. The molecule has 0 radical (unpaired) electrons. The molecule has 0 aliphatic carbocycles. The summed E-state index contributed by atoms with van der Waals surface area (Å²) in [7, 11) is 1.64. The maximum atomic E-state index is 13.5. The van der Waals surface area contributed by atoms with Gasteiger partial charge in [-0.05, 0) is 113 Å². The molecule has 1 unspecified atom stereocenters. The van der Waals surface area contributed by atoms with E-state index in [9.17, 15) is 27.6 Å². The van der Waals surface area contributed by atoms with Crippen molar-refractivity contribution in [1.29, 1.82) is 0 Å². The van der Waals surface area contributed by atoms with Crippen LogP contribution in [0.4, 0.5) is 18.9 Å². The summed E-state index contributed by atoms with van der Waals surface area (Å²) in [5.41, 5.74) is 5.06. The second-order valence-electron chi connectivity index (χ2n) is 13.7. The number of hydrogen-bond donors (Lipinski definition) is 2. The standard InChI is InChI=1S/C37H44F3N5O4/c1-23-24(2)36(48)43(3)22-31(23)27-4-5-28(33(20-27)49-37(38,39)40)21-44-16-14-30(15-17-44)45-18-12-26(13-19-45)25-6-8-29(9-7-25)41-32-10-11-34(46)42-35(32)47/h4-9,20,22,26,30,32,41H,10-19,21H2,1-3H3,(H,42,46,47). The third kappa shape index (κ3) is 8.18. The number of halogens is 3. The average molecular weight is 680 g/mol. The van der Waals surface area contributed by atoms with Gasteiger partial charge in [0.2, 0.25) is 11.8 Å². The van der Waals surface area contributed by atoms with Crippen LogP contribution in [0.1, 0.15) is 66.7 Å². The first kappa shape index (κ1) is 34.7. The predicted octanol–water partition coefficient (Wildman–Crippen LogP) is 5.63. The number of carbonyl (C=O) groups is 2. The van der Waals surface area contributed by atoms with Gasteiger partial charge in [0.05, 0.1) is 0 Å². The number of imide groups is 1. The van der Waals surface area contributed by atoms with E-state index in [4.69, 9.17) is 0 Å². The van der Waals surface area contributed by atoms with Crippen molar-refractivity contribution in [1.82, 2.24) is 19.7 Å². The third-order valence-electron chi connectivity index (χ3n) is 10.5. The average Bonchev–Trinajstić information content (AvgIpc) is 3.08. The van der Waals surface area contributed by atoms with E-state index in [0.717, 1.165) is 63.1 Å². The quantitative estimate of drug-likeness (QED) is 0.298. The van der Waals surface area contributed by atoms with E-state index in [1.165, 1.54) is 16.2 Å². The summed E-state index contributed by atoms with van der Waals surface area (Å²) < 4.78 is 46.5. The van der Waals surface area contributed by atoms with Crippen molar-refractivity contribution in [2.24, 2.45) is 7.05 Å². The minimum absolute atomic E-state index is 0.134. The maximum Gasteiger partial charge on any atom is 0.573 e. The molecular weight excluding hydrogens is 635 g/mol. The summed E-state index contributed by atoms with van der Waals surface area (Å²) in [6.07, 6.45) is 1.68. The van der Waals surface area contributed by atoms with Gasteiger partial charge in [0.15, 0.2) is 0 Å². The molecule has 2 amide bonds. The van der Waals surface area contributed by atoms with Crippen molar-refractivity contribution in [3.8, 4) is 16.9 Å². The molecular formula is C37H44F3N5O4. The number of carbonyl (C=O) groups excluding carboxylic acids is 2. The zero-order valence-electron chi connectivity index (χ0n) is 28.2. The lowest BCUT2D eigenvalue weighted by atomic mass is 9.88. The fourth-order valence-electron chi connectivity index (χ4n) is 7.50. The number of anilines is 1. The molecule has 262 valence electrons. The smallest absolute Gasteiger partial charge is 0.405 e. The van der Waals surface area contributed by atoms with Crippen LogP contribution in [0.2, 0.25) is 0 Å². The maximum absolute atomic E-state index is 13.5. The van der Waals surface area contributed by atoms with E-state index < -0.39 is 12.4 Å². The Bertz CT molecular complexity index is 1740.